The quantitative estimate of drug-likeness (QED) is 0.531. The molecule has 0 unspecified atom stereocenters. The van der Waals surface area contributed by atoms with E-state index in [-0.39, 0.29) is 12.5 Å². The summed E-state index contributed by atoms with van der Waals surface area (Å²) >= 11 is 1.53. The van der Waals surface area contributed by atoms with Gasteiger partial charge in [-0.05, 0) is 29.9 Å². The first-order valence-corrected chi connectivity index (χ1v) is 10.3. The largest absolute Gasteiger partial charge is 0.480 e. The summed E-state index contributed by atoms with van der Waals surface area (Å²) < 4.78 is 5.16. The zero-order valence-electron chi connectivity index (χ0n) is 15.9. The van der Waals surface area contributed by atoms with Gasteiger partial charge in [-0.2, -0.15) is 11.8 Å². The molecule has 3 N–H and O–H groups in total. The number of alkyl carbamates (subject to hydrolysis) is 1. The molecule has 150 valence electrons. The van der Waals surface area contributed by atoms with Crippen LogP contribution >= 0.6 is 11.8 Å². The molecule has 0 spiro atoms. The van der Waals surface area contributed by atoms with Crippen LogP contribution in [0.15, 0.2) is 30.3 Å². The summed E-state index contributed by atoms with van der Waals surface area (Å²) in [6, 6.07) is 7.35. The number of carboxylic acid groups (broad SMARTS) is 1. The van der Waals surface area contributed by atoms with E-state index in [0.29, 0.717) is 18.6 Å². The first-order valence-electron chi connectivity index (χ1n) is 8.88. The van der Waals surface area contributed by atoms with Gasteiger partial charge in [0.05, 0.1) is 0 Å². The zero-order chi connectivity index (χ0) is 20.2. The normalized spacial score (nSPS) is 13.9. The highest BCUT2D eigenvalue weighted by atomic mass is 32.2. The van der Waals surface area contributed by atoms with Crippen LogP contribution in [0.1, 0.15) is 32.3 Å². The van der Waals surface area contributed by atoms with E-state index >= 15 is 0 Å². The van der Waals surface area contributed by atoms with Gasteiger partial charge in [0.1, 0.15) is 18.7 Å². The third-order valence-corrected chi connectivity index (χ3v) is 4.85. The van der Waals surface area contributed by atoms with E-state index in [2.05, 4.69) is 10.6 Å². The van der Waals surface area contributed by atoms with Gasteiger partial charge in [0.25, 0.3) is 0 Å². The van der Waals surface area contributed by atoms with Crippen LogP contribution < -0.4 is 10.6 Å². The highest BCUT2D eigenvalue weighted by Crippen LogP contribution is 2.10. The highest BCUT2D eigenvalue weighted by Gasteiger charge is 2.29. The molecule has 0 aromatic heterocycles. The standard InChI is InChI=1S/C19H28N2O5S/c1-4-13(2)16(18(23)24)21-17(22)15(10-11-27-3)20-19(25)26-12-14-8-6-5-7-9-14/h5-9,13,15-16H,4,10-12H2,1-3H3,(H,20,25)(H,21,22)(H,23,24)/t13-,15-,16-/m0/s1. The lowest BCUT2D eigenvalue weighted by atomic mass is 9.99. The monoisotopic (exact) mass is 396 g/mol. The Morgan fingerprint density at radius 3 is 2.41 bits per heavy atom. The molecule has 1 aromatic carbocycles. The van der Waals surface area contributed by atoms with E-state index in [1.807, 2.05) is 43.5 Å². The number of carbonyl (C=O) groups is 3. The van der Waals surface area contributed by atoms with Crippen molar-refractivity contribution in [2.75, 3.05) is 12.0 Å². The van der Waals surface area contributed by atoms with Crippen molar-refractivity contribution in [3.8, 4) is 0 Å². The molecule has 0 aliphatic rings. The molecule has 1 rings (SSSR count). The second-order valence-electron chi connectivity index (χ2n) is 6.25. The van der Waals surface area contributed by atoms with Gasteiger partial charge in [0.2, 0.25) is 5.91 Å². The van der Waals surface area contributed by atoms with Crippen molar-refractivity contribution in [1.29, 1.82) is 0 Å². The van der Waals surface area contributed by atoms with Gasteiger partial charge >= 0.3 is 12.1 Å². The minimum atomic E-state index is -1.09. The lowest BCUT2D eigenvalue weighted by Crippen LogP contribution is -2.53. The van der Waals surface area contributed by atoms with Gasteiger partial charge in [-0.15, -0.1) is 0 Å². The number of nitrogens with one attached hydrogen (secondary N) is 2. The third-order valence-electron chi connectivity index (χ3n) is 4.21. The summed E-state index contributed by atoms with van der Waals surface area (Å²) in [5.41, 5.74) is 0.834. The topological polar surface area (TPSA) is 105 Å². The number of rotatable bonds is 11. The molecule has 1 aromatic rings. The Labute approximate surface area is 164 Å². The van der Waals surface area contributed by atoms with Crippen LogP contribution in [0.25, 0.3) is 0 Å². The molecule has 0 bridgehead atoms. The lowest BCUT2D eigenvalue weighted by molar-refractivity contribution is -0.143. The average molecular weight is 397 g/mol. The average Bonchev–Trinajstić information content (AvgIpc) is 2.67. The summed E-state index contributed by atoms with van der Waals surface area (Å²) in [5.74, 6) is -1.20. The van der Waals surface area contributed by atoms with Gasteiger partial charge in [-0.25, -0.2) is 9.59 Å². The van der Waals surface area contributed by atoms with Crippen LogP contribution in [0.5, 0.6) is 0 Å². The van der Waals surface area contributed by atoms with E-state index in [9.17, 15) is 19.5 Å². The maximum atomic E-state index is 12.5. The fourth-order valence-electron chi connectivity index (χ4n) is 2.35. The van der Waals surface area contributed by atoms with Crippen molar-refractivity contribution in [2.45, 2.75) is 45.4 Å². The smallest absolute Gasteiger partial charge is 0.408 e. The minimum absolute atomic E-state index is 0.0914. The van der Waals surface area contributed by atoms with Gasteiger partial charge in [0.15, 0.2) is 0 Å². The molecule has 2 amide bonds. The number of hydrogen-bond donors (Lipinski definition) is 3. The van der Waals surface area contributed by atoms with Gasteiger partial charge < -0.3 is 20.5 Å². The summed E-state index contributed by atoms with van der Waals surface area (Å²) in [6.45, 7) is 3.71. The summed E-state index contributed by atoms with van der Waals surface area (Å²) in [4.78, 5) is 36.0. The van der Waals surface area contributed by atoms with Crippen LogP contribution in [-0.4, -0.2) is 47.2 Å². The zero-order valence-corrected chi connectivity index (χ0v) is 16.8. The van der Waals surface area contributed by atoms with Crippen LogP contribution in [0.2, 0.25) is 0 Å². The number of carbonyl (C=O) groups excluding carboxylic acids is 2. The first-order chi connectivity index (χ1) is 12.9. The second kappa shape index (κ2) is 12.2. The number of aliphatic carboxylic acids is 1. The van der Waals surface area contributed by atoms with Crippen LogP contribution in [-0.2, 0) is 20.9 Å². The van der Waals surface area contributed by atoms with E-state index in [1.165, 1.54) is 11.8 Å². The van der Waals surface area contributed by atoms with Crippen LogP contribution in [0.3, 0.4) is 0 Å². The Balaban J connectivity index is 2.68. The number of hydrogen-bond acceptors (Lipinski definition) is 5. The Morgan fingerprint density at radius 2 is 1.85 bits per heavy atom. The van der Waals surface area contributed by atoms with Gasteiger partial charge in [-0.1, -0.05) is 50.6 Å². The summed E-state index contributed by atoms with van der Waals surface area (Å²) in [7, 11) is 0. The SMILES string of the molecule is CC[C@H](C)[C@H](NC(=O)[C@H](CCSC)NC(=O)OCc1ccccc1)C(=O)O. The van der Waals surface area contributed by atoms with E-state index in [1.54, 1.807) is 6.92 Å². The van der Waals surface area contributed by atoms with Crippen molar-refractivity contribution in [3.63, 3.8) is 0 Å². The Morgan fingerprint density at radius 1 is 1.19 bits per heavy atom. The van der Waals surface area contributed by atoms with Crippen molar-refractivity contribution in [1.82, 2.24) is 10.6 Å². The highest BCUT2D eigenvalue weighted by molar-refractivity contribution is 7.98. The number of carboxylic acids is 1. The Kier molecular flexibility index (Phi) is 10.3. The maximum absolute atomic E-state index is 12.5. The van der Waals surface area contributed by atoms with Crippen molar-refractivity contribution >= 4 is 29.7 Å². The predicted molar refractivity (Wildman–Crippen MR) is 106 cm³/mol. The molecular weight excluding hydrogens is 368 g/mol. The van der Waals surface area contributed by atoms with E-state index < -0.39 is 30.1 Å². The van der Waals surface area contributed by atoms with Gasteiger partial charge in [-0.3, -0.25) is 4.79 Å². The molecule has 3 atom stereocenters. The second-order valence-corrected chi connectivity index (χ2v) is 7.24. The molecule has 27 heavy (non-hydrogen) atoms. The lowest BCUT2D eigenvalue weighted by Gasteiger charge is -2.24. The number of thioether (sulfide) groups is 1. The molecule has 0 radical (unpaired) electrons. The van der Waals surface area contributed by atoms with Crippen molar-refractivity contribution < 1.29 is 24.2 Å². The summed E-state index contributed by atoms with van der Waals surface area (Å²) in [5, 5.41) is 14.4. The maximum Gasteiger partial charge on any atom is 0.408 e. The molecule has 0 saturated carbocycles. The van der Waals surface area contributed by atoms with Crippen LogP contribution in [0, 0.1) is 5.92 Å². The number of ether oxygens (including phenoxy) is 1. The first kappa shape index (κ1) is 22.8. The van der Waals surface area contributed by atoms with Crippen molar-refractivity contribution in [2.24, 2.45) is 5.92 Å². The molecule has 7 nitrogen and oxygen atoms in total. The molecule has 0 aliphatic heterocycles. The van der Waals surface area contributed by atoms with Crippen LogP contribution in [0.4, 0.5) is 4.79 Å². The predicted octanol–water partition coefficient (Wildman–Crippen LogP) is 2.65. The fourth-order valence-corrected chi connectivity index (χ4v) is 2.82. The Hall–Kier alpha value is -2.22. The molecule has 0 aliphatic carbocycles. The number of amides is 2. The van der Waals surface area contributed by atoms with E-state index in [4.69, 9.17) is 4.74 Å². The van der Waals surface area contributed by atoms with Gasteiger partial charge in [0, 0.05) is 0 Å². The summed E-state index contributed by atoms with van der Waals surface area (Å²) in [6.07, 6.45) is 2.16. The molecule has 0 heterocycles. The molecule has 0 saturated heterocycles. The molecule has 0 fully saturated rings. The fraction of sp³-hybridized carbons (Fsp3) is 0.526. The molecule has 8 heteroatoms. The molecular formula is C19H28N2O5S. The Bertz CT molecular complexity index is 611. The van der Waals surface area contributed by atoms with Crippen molar-refractivity contribution in [3.05, 3.63) is 35.9 Å². The van der Waals surface area contributed by atoms with E-state index in [0.717, 1.165) is 5.56 Å². The minimum Gasteiger partial charge on any atom is -0.480 e. The number of benzene rings is 1. The third kappa shape index (κ3) is 8.34.